The van der Waals surface area contributed by atoms with Crippen LogP contribution in [0.2, 0.25) is 0 Å². The minimum absolute atomic E-state index is 0.110. The molecular formula is C20H21FN2O5S. The maximum absolute atomic E-state index is 13.2. The van der Waals surface area contributed by atoms with Crippen LogP contribution in [0.25, 0.3) is 0 Å². The highest BCUT2D eigenvalue weighted by molar-refractivity contribution is 7.92. The smallest absolute Gasteiger partial charge is 0.307 e. The number of carbonyl (C=O) groups is 2. The van der Waals surface area contributed by atoms with Crippen LogP contribution in [0.1, 0.15) is 33.9 Å². The molecule has 3 rings (SSSR count). The molecule has 0 fully saturated rings. The lowest BCUT2D eigenvalue weighted by molar-refractivity contribution is -0.141. The first-order valence-electron chi connectivity index (χ1n) is 8.93. The molecule has 154 valence electrons. The molecule has 1 aliphatic rings. The molecule has 7 nitrogen and oxygen atoms in total. The Morgan fingerprint density at radius 2 is 1.90 bits per heavy atom. The standard InChI is InChI=1S/C20H21FN2O5S/c1-28-19(24)12-17(13-3-6-16(21)7-4-13)22-20(25)15-5-8-18-14(11-15)9-10-23(18)29(2,26)27/h3-8,11,17H,9-10,12H2,1-2H3,(H,22,25). The molecule has 1 aliphatic heterocycles. The summed E-state index contributed by atoms with van der Waals surface area (Å²) in [5.41, 5.74) is 2.23. The van der Waals surface area contributed by atoms with Gasteiger partial charge in [-0.15, -0.1) is 0 Å². The van der Waals surface area contributed by atoms with Crippen molar-refractivity contribution in [3.8, 4) is 0 Å². The summed E-state index contributed by atoms with van der Waals surface area (Å²) in [4.78, 5) is 24.5. The zero-order valence-electron chi connectivity index (χ0n) is 16.0. The van der Waals surface area contributed by atoms with Gasteiger partial charge in [0.05, 0.1) is 31.5 Å². The van der Waals surface area contributed by atoms with Crippen molar-refractivity contribution >= 4 is 27.6 Å². The number of methoxy groups -OCH3 is 1. The topological polar surface area (TPSA) is 92.8 Å². The number of benzene rings is 2. The summed E-state index contributed by atoms with van der Waals surface area (Å²) in [6, 6.07) is 9.59. The van der Waals surface area contributed by atoms with E-state index in [-0.39, 0.29) is 6.42 Å². The van der Waals surface area contributed by atoms with Crippen LogP contribution in [0.4, 0.5) is 10.1 Å². The first-order chi connectivity index (χ1) is 13.7. The molecular weight excluding hydrogens is 399 g/mol. The van der Waals surface area contributed by atoms with Gasteiger partial charge in [0.1, 0.15) is 5.82 Å². The van der Waals surface area contributed by atoms with Crippen LogP contribution in [-0.4, -0.2) is 40.2 Å². The Kier molecular flexibility index (Phi) is 5.88. The summed E-state index contributed by atoms with van der Waals surface area (Å²) >= 11 is 0. The molecule has 29 heavy (non-hydrogen) atoms. The fourth-order valence-electron chi connectivity index (χ4n) is 3.30. The van der Waals surface area contributed by atoms with Gasteiger partial charge in [0.25, 0.3) is 5.91 Å². The molecule has 1 amide bonds. The van der Waals surface area contributed by atoms with E-state index in [4.69, 9.17) is 4.74 Å². The van der Waals surface area contributed by atoms with E-state index in [1.165, 1.54) is 41.7 Å². The average molecular weight is 420 g/mol. The fraction of sp³-hybridized carbons (Fsp3) is 0.300. The summed E-state index contributed by atoms with van der Waals surface area (Å²) in [6.45, 7) is 0.333. The Balaban J connectivity index is 1.83. The number of nitrogens with one attached hydrogen (secondary N) is 1. The van der Waals surface area contributed by atoms with Gasteiger partial charge in [-0.2, -0.15) is 0 Å². The first-order valence-corrected chi connectivity index (χ1v) is 10.8. The van der Waals surface area contributed by atoms with E-state index in [1.54, 1.807) is 12.1 Å². The first kappa shape index (κ1) is 20.8. The molecule has 0 spiro atoms. The molecule has 0 aliphatic carbocycles. The molecule has 0 bridgehead atoms. The highest BCUT2D eigenvalue weighted by atomic mass is 32.2. The number of rotatable bonds is 6. The van der Waals surface area contributed by atoms with Crippen LogP contribution in [0.5, 0.6) is 0 Å². The number of hydrogen-bond donors (Lipinski definition) is 1. The van der Waals surface area contributed by atoms with Gasteiger partial charge in [0.2, 0.25) is 10.0 Å². The highest BCUT2D eigenvalue weighted by Crippen LogP contribution is 2.31. The zero-order chi connectivity index (χ0) is 21.2. The number of ether oxygens (including phenoxy) is 1. The minimum Gasteiger partial charge on any atom is -0.469 e. The largest absolute Gasteiger partial charge is 0.469 e. The maximum atomic E-state index is 13.2. The molecule has 0 aromatic heterocycles. The zero-order valence-corrected chi connectivity index (χ0v) is 16.8. The van der Waals surface area contributed by atoms with Crippen molar-refractivity contribution in [1.82, 2.24) is 5.32 Å². The van der Waals surface area contributed by atoms with Gasteiger partial charge < -0.3 is 10.1 Å². The number of halogens is 1. The number of hydrogen-bond acceptors (Lipinski definition) is 5. The summed E-state index contributed by atoms with van der Waals surface area (Å²) in [5.74, 6) is -1.37. The van der Waals surface area contributed by atoms with E-state index in [0.717, 1.165) is 11.8 Å². The van der Waals surface area contributed by atoms with E-state index < -0.39 is 33.8 Å². The average Bonchev–Trinajstić information content (AvgIpc) is 3.11. The molecule has 1 heterocycles. The Morgan fingerprint density at radius 1 is 1.21 bits per heavy atom. The van der Waals surface area contributed by atoms with Crippen molar-refractivity contribution in [2.24, 2.45) is 0 Å². The summed E-state index contributed by atoms with van der Waals surface area (Å²) in [7, 11) is -2.12. The second kappa shape index (κ2) is 8.20. The molecule has 1 unspecified atom stereocenters. The van der Waals surface area contributed by atoms with Gasteiger partial charge in [-0.05, 0) is 47.9 Å². The van der Waals surface area contributed by atoms with Crippen molar-refractivity contribution in [3.63, 3.8) is 0 Å². The molecule has 2 aromatic rings. The summed E-state index contributed by atoms with van der Waals surface area (Å²) in [6.07, 6.45) is 1.54. The van der Waals surface area contributed by atoms with E-state index >= 15 is 0 Å². The van der Waals surface area contributed by atoms with Crippen LogP contribution in [0.3, 0.4) is 0 Å². The molecule has 0 saturated heterocycles. The SMILES string of the molecule is COC(=O)CC(NC(=O)c1ccc2c(c1)CCN2S(C)(=O)=O)c1ccc(F)cc1. The Labute approximate surface area is 168 Å². The van der Waals surface area contributed by atoms with Gasteiger partial charge in [0.15, 0.2) is 0 Å². The van der Waals surface area contributed by atoms with Gasteiger partial charge in [-0.25, -0.2) is 12.8 Å². The monoisotopic (exact) mass is 420 g/mol. The number of nitrogens with zero attached hydrogens (tertiary/aromatic N) is 1. The number of esters is 1. The van der Waals surface area contributed by atoms with Gasteiger partial charge in [-0.1, -0.05) is 12.1 Å². The lowest BCUT2D eigenvalue weighted by atomic mass is 10.0. The number of sulfonamides is 1. The van der Waals surface area contributed by atoms with Crippen LogP contribution in [0.15, 0.2) is 42.5 Å². The van der Waals surface area contributed by atoms with Crippen molar-refractivity contribution < 1.29 is 27.1 Å². The molecule has 0 radical (unpaired) electrons. The number of amides is 1. The van der Waals surface area contributed by atoms with Crippen LogP contribution >= 0.6 is 0 Å². The molecule has 1 atom stereocenters. The Morgan fingerprint density at radius 3 is 2.52 bits per heavy atom. The van der Waals surface area contributed by atoms with Gasteiger partial charge in [0, 0.05) is 12.1 Å². The second-order valence-electron chi connectivity index (χ2n) is 6.79. The van der Waals surface area contributed by atoms with E-state index in [9.17, 15) is 22.4 Å². The quantitative estimate of drug-likeness (QED) is 0.723. The van der Waals surface area contributed by atoms with Crippen molar-refractivity contribution in [1.29, 1.82) is 0 Å². The fourth-order valence-corrected chi connectivity index (χ4v) is 4.25. The third-order valence-electron chi connectivity index (χ3n) is 4.77. The normalized spacial score (nSPS) is 14.2. The lowest BCUT2D eigenvalue weighted by Gasteiger charge is -2.19. The third-order valence-corrected chi connectivity index (χ3v) is 5.95. The molecule has 9 heteroatoms. The number of carbonyl (C=O) groups excluding carboxylic acids is 2. The molecule has 1 N–H and O–H groups in total. The molecule has 2 aromatic carbocycles. The summed E-state index contributed by atoms with van der Waals surface area (Å²) in [5, 5.41) is 2.77. The highest BCUT2D eigenvalue weighted by Gasteiger charge is 2.27. The second-order valence-corrected chi connectivity index (χ2v) is 8.69. The predicted molar refractivity (Wildman–Crippen MR) is 106 cm³/mol. The number of fused-ring (bicyclic) bond motifs is 1. The van der Waals surface area contributed by atoms with E-state index in [0.29, 0.717) is 29.8 Å². The summed E-state index contributed by atoms with van der Waals surface area (Å²) < 4.78 is 42.9. The van der Waals surface area contributed by atoms with Crippen molar-refractivity contribution in [2.45, 2.75) is 18.9 Å². The Bertz CT molecular complexity index is 1040. The predicted octanol–water partition coefficient (Wildman–Crippen LogP) is 2.18. The Hall–Kier alpha value is -2.94. The minimum atomic E-state index is -3.37. The van der Waals surface area contributed by atoms with E-state index in [1.807, 2.05) is 0 Å². The van der Waals surface area contributed by atoms with E-state index in [2.05, 4.69) is 5.32 Å². The molecule has 0 saturated carbocycles. The van der Waals surface area contributed by atoms with Crippen molar-refractivity contribution in [2.75, 3.05) is 24.2 Å². The van der Waals surface area contributed by atoms with Crippen LogP contribution in [-0.2, 0) is 26.0 Å². The van der Waals surface area contributed by atoms with Crippen LogP contribution < -0.4 is 9.62 Å². The maximum Gasteiger partial charge on any atom is 0.307 e. The van der Waals surface area contributed by atoms with Gasteiger partial charge in [-0.3, -0.25) is 13.9 Å². The van der Waals surface area contributed by atoms with Gasteiger partial charge >= 0.3 is 5.97 Å². The van der Waals surface area contributed by atoms with Crippen molar-refractivity contribution in [3.05, 3.63) is 65.0 Å². The lowest BCUT2D eigenvalue weighted by Crippen LogP contribution is -2.30. The number of anilines is 1. The third kappa shape index (κ3) is 4.73. The van der Waals surface area contributed by atoms with Crippen LogP contribution in [0, 0.1) is 5.82 Å².